The summed E-state index contributed by atoms with van der Waals surface area (Å²) >= 11 is 1.52. The van der Waals surface area contributed by atoms with Crippen molar-refractivity contribution in [1.29, 1.82) is 0 Å². The second kappa shape index (κ2) is 5.92. The van der Waals surface area contributed by atoms with Gasteiger partial charge in [-0.2, -0.15) is 0 Å². The molecule has 0 aliphatic heterocycles. The molecule has 0 aliphatic rings. The van der Waals surface area contributed by atoms with Crippen molar-refractivity contribution >= 4 is 17.3 Å². The van der Waals surface area contributed by atoms with E-state index in [1.54, 1.807) is 18.3 Å². The Bertz CT molecular complexity index is 768. The molecular weight excluding hydrogens is 313 g/mol. The molecule has 0 aliphatic carbocycles. The number of thioether (sulfide) groups is 1. The quantitative estimate of drug-likeness (QED) is 0.660. The molecule has 0 saturated carbocycles. The first-order chi connectivity index (χ1) is 10.5. The molecule has 0 bridgehead atoms. The van der Waals surface area contributed by atoms with E-state index >= 15 is 0 Å². The third-order valence-corrected chi connectivity index (χ3v) is 3.97. The van der Waals surface area contributed by atoms with E-state index in [9.17, 15) is 13.2 Å². The van der Waals surface area contributed by atoms with E-state index < -0.39 is 6.36 Å². The van der Waals surface area contributed by atoms with E-state index in [0.717, 1.165) is 16.2 Å². The molecule has 3 rings (SSSR count). The van der Waals surface area contributed by atoms with Crippen LogP contribution in [0.15, 0.2) is 60.0 Å². The molecule has 2 heterocycles. The molecule has 0 fully saturated rings. The monoisotopic (exact) mass is 324 g/mol. The van der Waals surface area contributed by atoms with Crippen LogP contribution in [-0.4, -0.2) is 15.7 Å². The molecule has 0 spiro atoms. The number of alkyl halides is 3. The Labute approximate surface area is 128 Å². The van der Waals surface area contributed by atoms with Crippen molar-refractivity contribution in [3.63, 3.8) is 0 Å². The maximum absolute atomic E-state index is 12.1. The molecule has 7 heteroatoms. The Morgan fingerprint density at radius 2 is 1.86 bits per heavy atom. The van der Waals surface area contributed by atoms with Gasteiger partial charge in [0.15, 0.2) is 5.16 Å². The molecule has 0 amide bonds. The first-order valence-electron chi connectivity index (χ1n) is 6.41. The maximum atomic E-state index is 12.1. The lowest BCUT2D eigenvalue weighted by molar-refractivity contribution is -0.274. The summed E-state index contributed by atoms with van der Waals surface area (Å²) in [6.45, 7) is 0. The predicted molar refractivity (Wildman–Crippen MR) is 77.9 cm³/mol. The van der Waals surface area contributed by atoms with Crippen molar-refractivity contribution in [2.24, 2.45) is 0 Å². The van der Waals surface area contributed by atoms with Crippen LogP contribution in [0.2, 0.25) is 0 Å². The highest BCUT2D eigenvalue weighted by Gasteiger charge is 2.30. The molecule has 1 aromatic carbocycles. The molecular formula is C15H11F3N2OS. The molecule has 0 saturated heterocycles. The average molecular weight is 324 g/mol. The molecule has 0 radical (unpaired) electrons. The fourth-order valence-electron chi connectivity index (χ4n) is 1.96. The molecule has 22 heavy (non-hydrogen) atoms. The van der Waals surface area contributed by atoms with Gasteiger partial charge in [-0.05, 0) is 29.8 Å². The number of aromatic nitrogens is 2. The number of rotatable bonds is 4. The molecule has 0 N–H and O–H groups in total. The summed E-state index contributed by atoms with van der Waals surface area (Å²) in [6.07, 6.45) is -0.960. The Morgan fingerprint density at radius 3 is 2.59 bits per heavy atom. The van der Waals surface area contributed by atoms with E-state index in [1.807, 2.05) is 28.8 Å². The van der Waals surface area contributed by atoms with Crippen molar-refractivity contribution in [2.75, 3.05) is 0 Å². The number of nitrogens with zero attached hydrogens (tertiary/aromatic N) is 2. The van der Waals surface area contributed by atoms with E-state index in [-0.39, 0.29) is 5.75 Å². The van der Waals surface area contributed by atoms with Gasteiger partial charge in [0.25, 0.3) is 0 Å². The number of ether oxygens (including phenoxy) is 1. The number of benzene rings is 1. The fourth-order valence-corrected chi connectivity index (χ4v) is 2.88. The second-order valence-electron chi connectivity index (χ2n) is 4.52. The van der Waals surface area contributed by atoms with Gasteiger partial charge in [0.1, 0.15) is 5.75 Å². The number of hydrogen-bond acceptors (Lipinski definition) is 3. The van der Waals surface area contributed by atoms with Crippen LogP contribution in [0.1, 0.15) is 5.56 Å². The number of hydrogen-bond donors (Lipinski definition) is 0. The number of halogens is 3. The zero-order valence-corrected chi connectivity index (χ0v) is 12.1. The zero-order chi connectivity index (χ0) is 15.6. The van der Waals surface area contributed by atoms with E-state index in [2.05, 4.69) is 9.72 Å². The Hall–Kier alpha value is -2.15. The standard InChI is InChI=1S/C15H11F3N2OS/c16-15(17,18)21-13-6-4-11(5-7-13)10-22-14-19-9-12-3-1-2-8-20(12)14/h1-9H,10H2. The van der Waals surface area contributed by atoms with Crippen LogP contribution in [-0.2, 0) is 5.75 Å². The van der Waals surface area contributed by atoms with E-state index in [4.69, 9.17) is 0 Å². The minimum atomic E-state index is -4.66. The van der Waals surface area contributed by atoms with Crippen molar-refractivity contribution < 1.29 is 17.9 Å². The van der Waals surface area contributed by atoms with Gasteiger partial charge in [0.05, 0.1) is 11.7 Å². The highest BCUT2D eigenvalue weighted by atomic mass is 32.2. The Morgan fingerprint density at radius 1 is 1.09 bits per heavy atom. The van der Waals surface area contributed by atoms with E-state index in [1.165, 1.54) is 23.9 Å². The summed E-state index contributed by atoms with van der Waals surface area (Å²) < 4.78 is 42.1. The highest BCUT2D eigenvalue weighted by Crippen LogP contribution is 2.26. The summed E-state index contributed by atoms with van der Waals surface area (Å²) in [5, 5.41) is 0.839. The number of pyridine rings is 1. The topological polar surface area (TPSA) is 26.5 Å². The minimum Gasteiger partial charge on any atom is -0.406 e. The molecule has 2 aromatic heterocycles. The molecule has 0 atom stereocenters. The van der Waals surface area contributed by atoms with Crippen LogP contribution in [0.5, 0.6) is 5.75 Å². The van der Waals surface area contributed by atoms with Gasteiger partial charge in [-0.1, -0.05) is 30.0 Å². The zero-order valence-electron chi connectivity index (χ0n) is 11.2. The predicted octanol–water partition coefficient (Wildman–Crippen LogP) is 4.53. The molecule has 3 nitrogen and oxygen atoms in total. The molecule has 3 aromatic rings. The van der Waals surface area contributed by atoms with Gasteiger partial charge in [-0.25, -0.2) is 4.98 Å². The van der Waals surface area contributed by atoms with Gasteiger partial charge in [-0.15, -0.1) is 13.2 Å². The summed E-state index contributed by atoms with van der Waals surface area (Å²) in [5.41, 5.74) is 1.89. The lowest BCUT2D eigenvalue weighted by Crippen LogP contribution is -2.16. The van der Waals surface area contributed by atoms with Crippen molar-refractivity contribution in [2.45, 2.75) is 17.3 Å². The average Bonchev–Trinajstić information content (AvgIpc) is 2.88. The summed E-state index contributed by atoms with van der Waals surface area (Å²) in [5.74, 6) is 0.396. The smallest absolute Gasteiger partial charge is 0.406 e. The lowest BCUT2D eigenvalue weighted by atomic mass is 10.2. The van der Waals surface area contributed by atoms with E-state index in [0.29, 0.717) is 5.75 Å². The van der Waals surface area contributed by atoms with Crippen LogP contribution in [0.4, 0.5) is 13.2 Å². The van der Waals surface area contributed by atoms with Gasteiger partial charge in [0.2, 0.25) is 0 Å². The van der Waals surface area contributed by atoms with Gasteiger partial charge >= 0.3 is 6.36 Å². The molecule has 114 valence electrons. The number of fused-ring (bicyclic) bond motifs is 1. The highest BCUT2D eigenvalue weighted by molar-refractivity contribution is 7.98. The maximum Gasteiger partial charge on any atom is 0.573 e. The first kappa shape index (κ1) is 14.8. The summed E-state index contributed by atoms with van der Waals surface area (Å²) in [7, 11) is 0. The lowest BCUT2D eigenvalue weighted by Gasteiger charge is -2.09. The van der Waals surface area contributed by atoms with Gasteiger partial charge in [0, 0.05) is 11.9 Å². The van der Waals surface area contributed by atoms with Gasteiger partial charge < -0.3 is 4.74 Å². The van der Waals surface area contributed by atoms with Gasteiger partial charge in [-0.3, -0.25) is 4.40 Å². The fraction of sp³-hybridized carbons (Fsp3) is 0.133. The first-order valence-corrected chi connectivity index (χ1v) is 7.39. The third kappa shape index (κ3) is 3.54. The Balaban J connectivity index is 1.66. The van der Waals surface area contributed by atoms with Crippen molar-refractivity contribution in [3.05, 3.63) is 60.4 Å². The third-order valence-electron chi connectivity index (χ3n) is 2.93. The SMILES string of the molecule is FC(F)(F)Oc1ccc(CSc2ncc3ccccn23)cc1. The van der Waals surface area contributed by atoms with Crippen molar-refractivity contribution in [3.8, 4) is 5.75 Å². The molecule has 0 unspecified atom stereocenters. The largest absolute Gasteiger partial charge is 0.573 e. The van der Waals surface area contributed by atoms with Crippen LogP contribution in [0.3, 0.4) is 0 Å². The summed E-state index contributed by atoms with van der Waals surface area (Å²) in [6, 6.07) is 11.7. The van der Waals surface area contributed by atoms with Crippen molar-refractivity contribution in [1.82, 2.24) is 9.38 Å². The number of imidazole rings is 1. The second-order valence-corrected chi connectivity index (χ2v) is 5.46. The minimum absolute atomic E-state index is 0.215. The Kier molecular flexibility index (Phi) is 3.98. The van der Waals surface area contributed by atoms with Crippen LogP contribution >= 0.6 is 11.8 Å². The normalized spacial score (nSPS) is 11.8. The van der Waals surface area contributed by atoms with Crippen LogP contribution in [0, 0.1) is 0 Å². The van der Waals surface area contributed by atoms with Crippen LogP contribution < -0.4 is 4.74 Å². The van der Waals surface area contributed by atoms with Crippen LogP contribution in [0.25, 0.3) is 5.52 Å². The summed E-state index contributed by atoms with van der Waals surface area (Å²) in [4.78, 5) is 4.33.